The van der Waals surface area contributed by atoms with Crippen LogP contribution in [0.2, 0.25) is 0 Å². The fourth-order valence-electron chi connectivity index (χ4n) is 2.11. The number of nitrogens with one attached hydrogen (secondary N) is 1. The van der Waals surface area contributed by atoms with Crippen LogP contribution < -0.4 is 16.9 Å². The van der Waals surface area contributed by atoms with Crippen molar-refractivity contribution in [2.45, 2.75) is 31.5 Å². The first kappa shape index (κ1) is 12.5. The summed E-state index contributed by atoms with van der Waals surface area (Å²) in [6, 6.07) is 0.541. The first-order valence-electron chi connectivity index (χ1n) is 5.52. The summed E-state index contributed by atoms with van der Waals surface area (Å²) in [5, 5.41) is 6.95. The molecular weight excluding hydrogens is 244 g/mol. The van der Waals surface area contributed by atoms with Crippen molar-refractivity contribution in [1.29, 1.82) is 0 Å². The summed E-state index contributed by atoms with van der Waals surface area (Å²) in [5.74, 6) is 5.35. The van der Waals surface area contributed by atoms with Crippen LogP contribution >= 0.6 is 11.6 Å². The average Bonchev–Trinajstić information content (AvgIpc) is 2.61. The SMILES string of the molecule is CC(C(Cl)=NN)=C(N)OC1CC2COCC1N2. The molecule has 2 saturated heterocycles. The van der Waals surface area contributed by atoms with Crippen LogP contribution in [0.1, 0.15) is 13.3 Å². The van der Waals surface area contributed by atoms with Gasteiger partial charge in [-0.2, -0.15) is 5.10 Å². The van der Waals surface area contributed by atoms with Gasteiger partial charge < -0.3 is 26.4 Å². The summed E-state index contributed by atoms with van der Waals surface area (Å²) in [6.07, 6.45) is 0.899. The van der Waals surface area contributed by atoms with Crippen molar-refractivity contribution in [2.75, 3.05) is 13.2 Å². The van der Waals surface area contributed by atoms with E-state index in [9.17, 15) is 0 Å². The van der Waals surface area contributed by atoms with Crippen LogP contribution in [0, 0.1) is 0 Å². The molecule has 2 heterocycles. The molecule has 0 spiro atoms. The lowest BCUT2D eigenvalue weighted by atomic mass is 10.1. The molecule has 3 unspecified atom stereocenters. The van der Waals surface area contributed by atoms with Crippen LogP contribution in [-0.2, 0) is 9.47 Å². The lowest BCUT2D eigenvalue weighted by molar-refractivity contribution is 0.0409. The minimum Gasteiger partial charge on any atom is -0.474 e. The van der Waals surface area contributed by atoms with Gasteiger partial charge in [-0.15, -0.1) is 0 Å². The van der Waals surface area contributed by atoms with Gasteiger partial charge in [-0.05, 0) is 6.92 Å². The van der Waals surface area contributed by atoms with E-state index in [-0.39, 0.29) is 23.2 Å². The number of nitrogens with two attached hydrogens (primary N) is 2. The van der Waals surface area contributed by atoms with Gasteiger partial charge in [-0.1, -0.05) is 11.6 Å². The van der Waals surface area contributed by atoms with E-state index < -0.39 is 0 Å². The van der Waals surface area contributed by atoms with Crippen LogP contribution in [-0.4, -0.2) is 36.6 Å². The van der Waals surface area contributed by atoms with Crippen molar-refractivity contribution < 1.29 is 9.47 Å². The van der Waals surface area contributed by atoms with Gasteiger partial charge in [0, 0.05) is 18.0 Å². The lowest BCUT2D eigenvalue weighted by Crippen LogP contribution is -2.44. The second-order valence-electron chi connectivity index (χ2n) is 4.31. The molecule has 0 aliphatic carbocycles. The molecule has 5 N–H and O–H groups in total. The van der Waals surface area contributed by atoms with E-state index >= 15 is 0 Å². The van der Waals surface area contributed by atoms with Crippen LogP contribution in [0.15, 0.2) is 16.6 Å². The number of fused-ring (bicyclic) bond motifs is 2. The summed E-state index contributed by atoms with van der Waals surface area (Å²) >= 11 is 5.77. The Morgan fingerprint density at radius 1 is 1.53 bits per heavy atom. The first-order chi connectivity index (χ1) is 8.11. The van der Waals surface area contributed by atoms with Gasteiger partial charge in [-0.3, -0.25) is 0 Å². The van der Waals surface area contributed by atoms with E-state index in [1.807, 2.05) is 0 Å². The molecule has 0 amide bonds. The zero-order valence-electron chi connectivity index (χ0n) is 9.65. The smallest absolute Gasteiger partial charge is 0.190 e. The standard InChI is InChI=1S/C10H17ClN4O2/c1-5(9(11)15-13)10(12)17-8-2-6-3-16-4-7(8)14-6/h6-8,14H,2-4,12-13H2,1H3. The van der Waals surface area contributed by atoms with Crippen molar-refractivity contribution in [3.8, 4) is 0 Å². The van der Waals surface area contributed by atoms with Crippen molar-refractivity contribution in [3.05, 3.63) is 11.5 Å². The highest BCUT2D eigenvalue weighted by molar-refractivity contribution is 6.69. The second kappa shape index (κ2) is 5.12. The van der Waals surface area contributed by atoms with Gasteiger partial charge in [0.1, 0.15) is 6.10 Å². The van der Waals surface area contributed by atoms with Gasteiger partial charge in [-0.25, -0.2) is 0 Å². The number of nitrogens with zero attached hydrogens (tertiary/aromatic N) is 1. The molecule has 2 aliphatic heterocycles. The Kier molecular flexibility index (Phi) is 3.76. The van der Waals surface area contributed by atoms with E-state index in [1.54, 1.807) is 6.92 Å². The maximum absolute atomic E-state index is 5.82. The summed E-state index contributed by atoms with van der Waals surface area (Å²) in [5.41, 5.74) is 6.38. The molecule has 0 radical (unpaired) electrons. The van der Waals surface area contributed by atoms with Crippen LogP contribution in [0.4, 0.5) is 0 Å². The number of hydrazone groups is 1. The maximum Gasteiger partial charge on any atom is 0.190 e. The Morgan fingerprint density at radius 2 is 2.29 bits per heavy atom. The molecule has 0 saturated carbocycles. The zero-order chi connectivity index (χ0) is 12.4. The average molecular weight is 261 g/mol. The summed E-state index contributed by atoms with van der Waals surface area (Å²) in [6.45, 7) is 3.09. The highest BCUT2D eigenvalue weighted by Crippen LogP contribution is 2.23. The van der Waals surface area contributed by atoms with Crippen molar-refractivity contribution in [1.82, 2.24) is 5.32 Å². The third-order valence-electron chi connectivity index (χ3n) is 3.10. The van der Waals surface area contributed by atoms with Crippen LogP contribution in [0.25, 0.3) is 0 Å². The predicted molar refractivity (Wildman–Crippen MR) is 65.4 cm³/mol. The normalized spacial score (nSPS) is 34.5. The van der Waals surface area contributed by atoms with Crippen molar-refractivity contribution >= 4 is 16.8 Å². The van der Waals surface area contributed by atoms with E-state index in [0.717, 1.165) is 13.0 Å². The number of rotatable bonds is 3. The van der Waals surface area contributed by atoms with E-state index in [4.69, 9.17) is 32.7 Å². The number of allylic oxidation sites excluding steroid dienone is 1. The van der Waals surface area contributed by atoms with Gasteiger partial charge in [0.05, 0.1) is 19.3 Å². The number of morpholine rings is 1. The maximum atomic E-state index is 5.82. The Hall–Kier alpha value is -0.980. The molecule has 96 valence electrons. The fourth-order valence-corrected chi connectivity index (χ4v) is 2.20. The lowest BCUT2D eigenvalue weighted by Gasteiger charge is -2.23. The highest BCUT2D eigenvalue weighted by Gasteiger charge is 2.39. The summed E-state index contributed by atoms with van der Waals surface area (Å²) < 4.78 is 11.1. The van der Waals surface area contributed by atoms with Gasteiger partial charge in [0.2, 0.25) is 0 Å². The number of ether oxygens (including phenoxy) is 2. The van der Waals surface area contributed by atoms with Gasteiger partial charge >= 0.3 is 0 Å². The topological polar surface area (TPSA) is 94.9 Å². The molecule has 2 aliphatic rings. The Bertz CT molecular complexity index is 358. The molecule has 7 heteroatoms. The number of hydrogen-bond acceptors (Lipinski definition) is 6. The molecule has 0 aromatic carbocycles. The number of hydrogen-bond donors (Lipinski definition) is 3. The molecule has 2 fully saturated rings. The molecular formula is C10H17ClN4O2. The van der Waals surface area contributed by atoms with E-state index in [1.165, 1.54) is 0 Å². The predicted octanol–water partition coefficient (Wildman–Crippen LogP) is -0.166. The number of halogens is 1. The molecule has 6 nitrogen and oxygen atoms in total. The van der Waals surface area contributed by atoms with Gasteiger partial charge in [0.25, 0.3) is 0 Å². The first-order valence-corrected chi connectivity index (χ1v) is 5.90. The summed E-state index contributed by atoms with van der Waals surface area (Å²) in [7, 11) is 0. The monoisotopic (exact) mass is 260 g/mol. The molecule has 17 heavy (non-hydrogen) atoms. The largest absolute Gasteiger partial charge is 0.474 e. The fraction of sp³-hybridized carbons (Fsp3) is 0.700. The molecule has 2 rings (SSSR count). The quantitative estimate of drug-likeness (QED) is 0.284. The molecule has 0 aromatic rings. The van der Waals surface area contributed by atoms with Crippen molar-refractivity contribution in [3.63, 3.8) is 0 Å². The van der Waals surface area contributed by atoms with Crippen molar-refractivity contribution in [2.24, 2.45) is 16.7 Å². The Labute approximate surface area is 105 Å². The molecule has 0 aromatic heterocycles. The zero-order valence-corrected chi connectivity index (χ0v) is 10.4. The Balaban J connectivity index is 2.02. The molecule has 3 atom stereocenters. The Morgan fingerprint density at radius 3 is 2.94 bits per heavy atom. The van der Waals surface area contributed by atoms with Crippen LogP contribution in [0.5, 0.6) is 0 Å². The van der Waals surface area contributed by atoms with E-state index in [2.05, 4.69) is 10.4 Å². The highest BCUT2D eigenvalue weighted by atomic mass is 35.5. The minimum atomic E-state index is 0.0136. The third kappa shape index (κ3) is 2.65. The third-order valence-corrected chi connectivity index (χ3v) is 3.48. The second-order valence-corrected chi connectivity index (χ2v) is 4.67. The van der Waals surface area contributed by atoms with E-state index in [0.29, 0.717) is 18.2 Å². The summed E-state index contributed by atoms with van der Waals surface area (Å²) in [4.78, 5) is 0. The van der Waals surface area contributed by atoms with Gasteiger partial charge in [0.15, 0.2) is 11.1 Å². The van der Waals surface area contributed by atoms with Crippen LogP contribution in [0.3, 0.4) is 0 Å². The minimum absolute atomic E-state index is 0.0136. The molecule has 2 bridgehead atoms.